The Morgan fingerprint density at radius 3 is 2.81 bits per heavy atom. The Balaban J connectivity index is 1.52. The molecule has 3 rings (SSSR count). The molecule has 0 amide bonds. The van der Waals surface area contributed by atoms with Crippen LogP contribution in [0.3, 0.4) is 0 Å². The molecule has 1 atom stereocenters. The highest BCUT2D eigenvalue weighted by atomic mass is 15.2. The Morgan fingerprint density at radius 2 is 2.06 bits per heavy atom. The molecule has 1 saturated heterocycles. The van der Waals surface area contributed by atoms with Crippen LogP contribution in [-0.4, -0.2) is 35.6 Å². The molecule has 0 aromatic carbocycles. The summed E-state index contributed by atoms with van der Waals surface area (Å²) in [7, 11) is 0. The Bertz CT molecular complexity index is 336. The fraction of sp³-hybridized carbons (Fsp3) is 0.667. The third-order valence-corrected chi connectivity index (χ3v) is 3.47. The third-order valence-electron chi connectivity index (χ3n) is 3.47. The van der Waals surface area contributed by atoms with Gasteiger partial charge in [0.2, 0.25) is 0 Å². The molecule has 16 heavy (non-hydrogen) atoms. The average Bonchev–Trinajstić information content (AvgIpc) is 3.05. The molecule has 1 aromatic heterocycles. The number of hydrogen-bond acceptors (Lipinski definition) is 4. The summed E-state index contributed by atoms with van der Waals surface area (Å²) in [5.41, 5.74) is 1.16. The summed E-state index contributed by atoms with van der Waals surface area (Å²) in [5, 5.41) is 3.61. The minimum absolute atomic E-state index is 0.792. The molecule has 1 saturated carbocycles. The van der Waals surface area contributed by atoms with Gasteiger partial charge in [0.25, 0.3) is 0 Å². The molecule has 1 aliphatic carbocycles. The standard InChI is InChI=1S/C12H18N4/c1-2-11(1)15-5-10-3-4-16(8-10)12-6-13-9-14-7-12/h6-7,9-11,15H,1-5,8H2. The van der Waals surface area contributed by atoms with Gasteiger partial charge >= 0.3 is 0 Å². The van der Waals surface area contributed by atoms with Crippen molar-refractivity contribution >= 4 is 5.69 Å². The van der Waals surface area contributed by atoms with Gasteiger partial charge in [-0.3, -0.25) is 0 Å². The number of rotatable bonds is 4. The maximum atomic E-state index is 4.07. The lowest BCUT2D eigenvalue weighted by Crippen LogP contribution is -2.27. The summed E-state index contributed by atoms with van der Waals surface area (Å²) in [5.74, 6) is 0.792. The first-order chi connectivity index (χ1) is 7.92. The van der Waals surface area contributed by atoms with E-state index in [0.29, 0.717) is 0 Å². The van der Waals surface area contributed by atoms with Crippen molar-refractivity contribution in [3.8, 4) is 0 Å². The first kappa shape index (κ1) is 10.0. The summed E-state index contributed by atoms with van der Waals surface area (Å²) in [4.78, 5) is 10.5. The Labute approximate surface area is 96.1 Å². The number of nitrogens with one attached hydrogen (secondary N) is 1. The van der Waals surface area contributed by atoms with Crippen molar-refractivity contribution in [1.82, 2.24) is 15.3 Å². The van der Waals surface area contributed by atoms with E-state index in [-0.39, 0.29) is 0 Å². The van der Waals surface area contributed by atoms with E-state index in [2.05, 4.69) is 20.2 Å². The van der Waals surface area contributed by atoms with Gasteiger partial charge in [-0.1, -0.05) is 0 Å². The highest BCUT2D eigenvalue weighted by molar-refractivity contribution is 5.42. The zero-order valence-electron chi connectivity index (χ0n) is 9.47. The van der Waals surface area contributed by atoms with E-state index in [0.717, 1.165) is 30.7 Å². The molecular weight excluding hydrogens is 200 g/mol. The van der Waals surface area contributed by atoms with Crippen molar-refractivity contribution in [3.63, 3.8) is 0 Å². The molecule has 1 aliphatic heterocycles. The molecule has 2 aliphatic rings. The van der Waals surface area contributed by atoms with Crippen LogP contribution in [0, 0.1) is 5.92 Å². The van der Waals surface area contributed by atoms with Crippen molar-refractivity contribution in [3.05, 3.63) is 18.7 Å². The number of anilines is 1. The van der Waals surface area contributed by atoms with Crippen LogP contribution >= 0.6 is 0 Å². The molecule has 2 heterocycles. The lowest BCUT2D eigenvalue weighted by molar-refractivity contribution is 0.515. The average molecular weight is 218 g/mol. The van der Waals surface area contributed by atoms with E-state index in [4.69, 9.17) is 0 Å². The molecule has 0 bridgehead atoms. The van der Waals surface area contributed by atoms with Crippen LogP contribution in [-0.2, 0) is 0 Å². The summed E-state index contributed by atoms with van der Waals surface area (Å²) in [6, 6.07) is 0.828. The molecule has 0 radical (unpaired) electrons. The summed E-state index contributed by atoms with van der Waals surface area (Å²) in [6.45, 7) is 3.46. The van der Waals surface area contributed by atoms with E-state index >= 15 is 0 Å². The lowest BCUT2D eigenvalue weighted by Gasteiger charge is -2.17. The molecule has 1 N–H and O–H groups in total. The molecule has 4 nitrogen and oxygen atoms in total. The molecule has 1 unspecified atom stereocenters. The van der Waals surface area contributed by atoms with E-state index in [1.807, 2.05) is 12.4 Å². The van der Waals surface area contributed by atoms with Crippen molar-refractivity contribution in [1.29, 1.82) is 0 Å². The van der Waals surface area contributed by atoms with Gasteiger partial charge in [0.1, 0.15) is 6.33 Å². The van der Waals surface area contributed by atoms with Crippen molar-refractivity contribution in [2.24, 2.45) is 5.92 Å². The van der Waals surface area contributed by atoms with Gasteiger partial charge in [-0.05, 0) is 31.7 Å². The fourth-order valence-electron chi connectivity index (χ4n) is 2.31. The Morgan fingerprint density at radius 1 is 1.25 bits per heavy atom. The predicted octanol–water partition coefficient (Wildman–Crippen LogP) is 1.05. The van der Waals surface area contributed by atoms with E-state index in [9.17, 15) is 0 Å². The smallest absolute Gasteiger partial charge is 0.115 e. The largest absolute Gasteiger partial charge is 0.369 e. The molecule has 4 heteroatoms. The summed E-state index contributed by atoms with van der Waals surface area (Å²) < 4.78 is 0. The second-order valence-corrected chi connectivity index (χ2v) is 4.88. The van der Waals surface area contributed by atoms with Gasteiger partial charge < -0.3 is 10.2 Å². The summed E-state index contributed by atoms with van der Waals surface area (Å²) >= 11 is 0. The van der Waals surface area contributed by atoms with Crippen molar-refractivity contribution in [2.75, 3.05) is 24.5 Å². The van der Waals surface area contributed by atoms with Crippen LogP contribution in [0.15, 0.2) is 18.7 Å². The fourth-order valence-corrected chi connectivity index (χ4v) is 2.31. The maximum Gasteiger partial charge on any atom is 0.115 e. The minimum Gasteiger partial charge on any atom is -0.369 e. The zero-order chi connectivity index (χ0) is 10.8. The third kappa shape index (κ3) is 2.32. The maximum absolute atomic E-state index is 4.07. The molecule has 1 aromatic rings. The number of nitrogens with zero attached hydrogens (tertiary/aromatic N) is 3. The van der Waals surface area contributed by atoms with Crippen LogP contribution in [0.2, 0.25) is 0 Å². The lowest BCUT2D eigenvalue weighted by atomic mass is 10.1. The van der Waals surface area contributed by atoms with Crippen LogP contribution in [0.5, 0.6) is 0 Å². The van der Waals surface area contributed by atoms with E-state index in [1.54, 1.807) is 6.33 Å². The Hall–Kier alpha value is -1.16. The van der Waals surface area contributed by atoms with E-state index in [1.165, 1.54) is 25.8 Å². The monoisotopic (exact) mass is 218 g/mol. The first-order valence-corrected chi connectivity index (χ1v) is 6.15. The number of aromatic nitrogens is 2. The van der Waals surface area contributed by atoms with E-state index < -0.39 is 0 Å². The molecule has 0 spiro atoms. The van der Waals surface area contributed by atoms with Gasteiger partial charge in [-0.15, -0.1) is 0 Å². The highest BCUT2D eigenvalue weighted by Gasteiger charge is 2.26. The zero-order valence-corrected chi connectivity index (χ0v) is 9.47. The van der Waals surface area contributed by atoms with Gasteiger partial charge in [0, 0.05) is 19.1 Å². The summed E-state index contributed by atoms with van der Waals surface area (Å²) in [6.07, 6.45) is 9.44. The van der Waals surface area contributed by atoms with Gasteiger partial charge in [-0.2, -0.15) is 0 Å². The van der Waals surface area contributed by atoms with Crippen LogP contribution in [0.4, 0.5) is 5.69 Å². The van der Waals surface area contributed by atoms with Crippen LogP contribution in [0.1, 0.15) is 19.3 Å². The minimum atomic E-state index is 0.792. The molecule has 86 valence electrons. The van der Waals surface area contributed by atoms with Crippen LogP contribution < -0.4 is 10.2 Å². The van der Waals surface area contributed by atoms with Crippen molar-refractivity contribution in [2.45, 2.75) is 25.3 Å². The number of hydrogen-bond donors (Lipinski definition) is 1. The Kier molecular flexibility index (Phi) is 2.74. The second-order valence-electron chi connectivity index (χ2n) is 4.88. The predicted molar refractivity (Wildman–Crippen MR) is 63.4 cm³/mol. The van der Waals surface area contributed by atoms with Gasteiger partial charge in [0.05, 0.1) is 18.1 Å². The second kappa shape index (κ2) is 4.37. The van der Waals surface area contributed by atoms with Crippen LogP contribution in [0.25, 0.3) is 0 Å². The quantitative estimate of drug-likeness (QED) is 0.820. The highest BCUT2D eigenvalue weighted by Crippen LogP contribution is 2.24. The van der Waals surface area contributed by atoms with Crippen molar-refractivity contribution < 1.29 is 0 Å². The SMILES string of the molecule is c1ncc(N2CCC(CNC3CC3)C2)cn1. The molecule has 2 fully saturated rings. The topological polar surface area (TPSA) is 41.1 Å². The molecular formula is C12H18N4. The van der Waals surface area contributed by atoms with Gasteiger partial charge in [-0.25, -0.2) is 9.97 Å². The first-order valence-electron chi connectivity index (χ1n) is 6.15. The normalized spacial score (nSPS) is 25.0. The van der Waals surface area contributed by atoms with Gasteiger partial charge in [0.15, 0.2) is 0 Å².